The molecule has 0 atom stereocenters. The second kappa shape index (κ2) is 2.20. The second-order valence-corrected chi connectivity index (χ2v) is 13.9. The molecule has 1 heteroatoms. The summed E-state index contributed by atoms with van der Waals surface area (Å²) in [7, 11) is 0. The summed E-state index contributed by atoms with van der Waals surface area (Å²) in [6.45, 7) is 0. The summed E-state index contributed by atoms with van der Waals surface area (Å²) < 4.78 is 1.48. The van der Waals surface area contributed by atoms with Crippen molar-refractivity contribution in [3.63, 3.8) is 0 Å². The summed E-state index contributed by atoms with van der Waals surface area (Å²) in [5, 5.41) is 0. The molecule has 0 bridgehead atoms. The summed E-state index contributed by atoms with van der Waals surface area (Å²) in [5.41, 5.74) is 3.26. The fraction of sp³-hybridized carbons (Fsp3) is 0.375. The van der Waals surface area contributed by atoms with E-state index in [1.807, 2.05) is 6.08 Å². The normalized spacial score (nSPS) is 16.6. The maximum atomic E-state index is 3.26. The monoisotopic (exact) mass is 182 g/mol. The Morgan fingerprint density at radius 2 is 2.00 bits per heavy atom. The van der Waals surface area contributed by atoms with Crippen molar-refractivity contribution in [1.82, 2.24) is 0 Å². The van der Waals surface area contributed by atoms with Crippen LogP contribution >= 0.6 is 0 Å². The van der Waals surface area contributed by atoms with Crippen molar-refractivity contribution in [2.75, 3.05) is 0 Å². The Hall–Kier alpha value is -0.197. The molecule has 0 nitrogen and oxygen atoms in total. The third-order valence-electron chi connectivity index (χ3n) is 1.41. The van der Waals surface area contributed by atoms with Crippen LogP contribution in [0.25, 0.3) is 0 Å². The van der Waals surface area contributed by atoms with Gasteiger partial charge < -0.3 is 0 Å². The quantitative estimate of drug-likeness (QED) is 0.430. The fourth-order valence-corrected chi connectivity index (χ4v) is 3.13. The topological polar surface area (TPSA) is 0 Å². The van der Waals surface area contributed by atoms with Gasteiger partial charge in [-0.05, 0) is 0 Å². The molecule has 0 aromatic carbocycles. The molecular weight excluding hydrogens is 169 g/mol. The summed E-state index contributed by atoms with van der Waals surface area (Å²) in [6.07, 6.45) is 6.28. The van der Waals surface area contributed by atoms with Crippen molar-refractivity contribution in [1.29, 1.82) is 0 Å². The molecule has 0 unspecified atom stereocenters. The number of hydrogen-bond acceptors (Lipinski definition) is 0. The van der Waals surface area contributed by atoms with Crippen LogP contribution in [0.5, 0.6) is 0 Å². The van der Waals surface area contributed by atoms with Crippen molar-refractivity contribution in [2.24, 2.45) is 0 Å². The maximum absolute atomic E-state index is 3.26. The molecule has 1 aliphatic carbocycles. The second-order valence-electron chi connectivity index (χ2n) is 3.33. The molecule has 0 aliphatic heterocycles. The van der Waals surface area contributed by atoms with E-state index in [4.69, 9.17) is 0 Å². The molecule has 0 radical (unpaired) electrons. The van der Waals surface area contributed by atoms with E-state index >= 15 is 0 Å². The van der Waals surface area contributed by atoms with Gasteiger partial charge in [-0.1, -0.05) is 0 Å². The molecule has 0 N–H and O–H groups in total. The fourth-order valence-electron chi connectivity index (χ4n) is 0.797. The Labute approximate surface area is 59.3 Å². The molecule has 48 valence electrons. The Balaban J connectivity index is 2.88. The SMILES string of the molecule is [CH3][Ge]([CH3])([CH3])[C]1=C=CC=C1. The van der Waals surface area contributed by atoms with Crippen LogP contribution < -0.4 is 0 Å². The predicted octanol–water partition coefficient (Wildman–Crippen LogP) is 2.52. The average Bonchev–Trinajstić information content (AvgIpc) is 2.08. The zero-order valence-corrected chi connectivity index (χ0v) is 8.33. The van der Waals surface area contributed by atoms with E-state index in [9.17, 15) is 0 Å². The Bertz CT molecular complexity index is 197. The van der Waals surface area contributed by atoms with Crippen molar-refractivity contribution < 1.29 is 0 Å². The van der Waals surface area contributed by atoms with Gasteiger partial charge >= 0.3 is 58.9 Å². The van der Waals surface area contributed by atoms with Gasteiger partial charge in [0.25, 0.3) is 0 Å². The Kier molecular flexibility index (Phi) is 1.69. The van der Waals surface area contributed by atoms with Crippen molar-refractivity contribution in [2.45, 2.75) is 17.3 Å². The third-order valence-corrected chi connectivity index (χ3v) is 5.45. The molecule has 1 aliphatic rings. The third kappa shape index (κ3) is 1.60. The first-order valence-electron chi connectivity index (χ1n) is 3.24. The molecule has 0 saturated heterocycles. The van der Waals surface area contributed by atoms with Crippen LogP contribution in [0.3, 0.4) is 0 Å². The van der Waals surface area contributed by atoms with Crippen LogP contribution in [0, 0.1) is 0 Å². The zero-order chi connectivity index (χ0) is 6.91. The van der Waals surface area contributed by atoms with Crippen molar-refractivity contribution in [3.05, 3.63) is 28.4 Å². The molecule has 0 fully saturated rings. The van der Waals surface area contributed by atoms with E-state index < -0.39 is 13.3 Å². The van der Waals surface area contributed by atoms with E-state index in [0.717, 1.165) is 0 Å². The van der Waals surface area contributed by atoms with E-state index in [1.54, 1.807) is 0 Å². The molecule has 0 spiro atoms. The first-order chi connectivity index (χ1) is 4.11. The van der Waals surface area contributed by atoms with Gasteiger partial charge in [0.2, 0.25) is 0 Å². The number of allylic oxidation sites excluding steroid dienone is 3. The molecule has 9 heavy (non-hydrogen) atoms. The molecular formula is C8H12Ge. The molecule has 0 aromatic heterocycles. The molecule has 0 amide bonds. The van der Waals surface area contributed by atoms with E-state index in [2.05, 4.69) is 35.2 Å². The van der Waals surface area contributed by atoms with Gasteiger partial charge in [0.15, 0.2) is 0 Å². The van der Waals surface area contributed by atoms with Crippen LogP contribution in [0.4, 0.5) is 0 Å². The minimum absolute atomic E-state index is 1.48. The molecule has 0 heterocycles. The zero-order valence-electron chi connectivity index (χ0n) is 6.23. The number of rotatable bonds is 1. The van der Waals surface area contributed by atoms with Gasteiger partial charge in [0, 0.05) is 0 Å². The summed E-state index contributed by atoms with van der Waals surface area (Å²) >= 11 is -1.49. The van der Waals surface area contributed by atoms with Crippen LogP contribution in [0.15, 0.2) is 28.4 Å². The van der Waals surface area contributed by atoms with Gasteiger partial charge in [0.05, 0.1) is 0 Å². The van der Waals surface area contributed by atoms with Crippen molar-refractivity contribution in [3.8, 4) is 0 Å². The number of hydrogen-bond donors (Lipinski definition) is 0. The minimum atomic E-state index is -1.49. The molecule has 0 aromatic rings. The Morgan fingerprint density at radius 3 is 2.22 bits per heavy atom. The van der Waals surface area contributed by atoms with E-state index in [-0.39, 0.29) is 0 Å². The standard InChI is InChI=1S/C8H12Ge/c1-9(2,3)8-6-4-5-7-8/h4-6H,1-3H3. The van der Waals surface area contributed by atoms with E-state index in [1.165, 1.54) is 4.41 Å². The first kappa shape index (κ1) is 6.92. The van der Waals surface area contributed by atoms with Gasteiger partial charge in [-0.25, -0.2) is 0 Å². The van der Waals surface area contributed by atoms with Gasteiger partial charge in [-0.15, -0.1) is 0 Å². The Morgan fingerprint density at radius 1 is 1.33 bits per heavy atom. The van der Waals surface area contributed by atoms with Gasteiger partial charge in [0.1, 0.15) is 0 Å². The van der Waals surface area contributed by atoms with Crippen molar-refractivity contribution >= 4 is 13.3 Å². The van der Waals surface area contributed by atoms with Crippen LogP contribution in [-0.4, -0.2) is 13.3 Å². The summed E-state index contributed by atoms with van der Waals surface area (Å²) in [5.74, 6) is 7.14. The van der Waals surface area contributed by atoms with Gasteiger partial charge in [-0.2, -0.15) is 0 Å². The van der Waals surface area contributed by atoms with E-state index in [0.29, 0.717) is 0 Å². The van der Waals surface area contributed by atoms with Crippen LogP contribution in [-0.2, 0) is 0 Å². The first-order valence-corrected chi connectivity index (χ1v) is 10.6. The summed E-state index contributed by atoms with van der Waals surface area (Å²) in [4.78, 5) is 0. The van der Waals surface area contributed by atoms with Crippen LogP contribution in [0.2, 0.25) is 17.3 Å². The molecule has 1 rings (SSSR count). The molecule has 0 saturated carbocycles. The van der Waals surface area contributed by atoms with Crippen LogP contribution in [0.1, 0.15) is 0 Å². The average molecular weight is 181 g/mol. The summed E-state index contributed by atoms with van der Waals surface area (Å²) in [6, 6.07) is 0. The van der Waals surface area contributed by atoms with Gasteiger partial charge in [-0.3, -0.25) is 0 Å². The predicted molar refractivity (Wildman–Crippen MR) is 44.1 cm³/mol.